The molecule has 0 saturated carbocycles. The average molecular weight is 305 g/mol. The highest BCUT2D eigenvalue weighted by molar-refractivity contribution is 7.14. The summed E-state index contributed by atoms with van der Waals surface area (Å²) in [5.41, 5.74) is 8.39. The molecule has 0 atom stereocenters. The molecule has 0 spiro atoms. The molecule has 1 heterocycles. The van der Waals surface area contributed by atoms with Crippen molar-refractivity contribution in [3.8, 4) is 0 Å². The summed E-state index contributed by atoms with van der Waals surface area (Å²) in [4.78, 5) is 3.94. The molecule has 94 valence electrons. The molecular formula is C10H7Cl2FN4S. The molecule has 0 amide bonds. The lowest BCUT2D eigenvalue weighted by molar-refractivity contribution is 0.628. The summed E-state index contributed by atoms with van der Waals surface area (Å²) in [5.74, 6) is -0.152. The fraction of sp³-hybridized carbons (Fsp3) is 0. The second-order valence-corrected chi connectivity index (χ2v) is 4.85. The second-order valence-electron chi connectivity index (χ2n) is 3.20. The van der Waals surface area contributed by atoms with Crippen molar-refractivity contribution < 1.29 is 4.39 Å². The van der Waals surface area contributed by atoms with Gasteiger partial charge in [-0.15, -0.1) is 11.3 Å². The Morgan fingerprint density at radius 1 is 1.44 bits per heavy atom. The monoisotopic (exact) mass is 304 g/mol. The van der Waals surface area contributed by atoms with Gasteiger partial charge >= 0.3 is 0 Å². The maximum absolute atomic E-state index is 13.2. The second kappa shape index (κ2) is 5.51. The average Bonchev–Trinajstić information content (AvgIpc) is 2.74. The van der Waals surface area contributed by atoms with E-state index >= 15 is 0 Å². The zero-order chi connectivity index (χ0) is 13.1. The van der Waals surface area contributed by atoms with Crippen LogP contribution in [-0.2, 0) is 0 Å². The van der Waals surface area contributed by atoms with Crippen LogP contribution < -0.4 is 11.2 Å². The van der Waals surface area contributed by atoms with Gasteiger partial charge in [-0.3, -0.25) is 5.43 Å². The minimum atomic E-state index is -0.555. The van der Waals surface area contributed by atoms with Crippen molar-refractivity contribution in [1.82, 2.24) is 4.98 Å². The Kier molecular flexibility index (Phi) is 4.00. The van der Waals surface area contributed by atoms with Gasteiger partial charge in [0.05, 0.1) is 16.3 Å². The molecule has 8 heteroatoms. The highest BCUT2D eigenvalue weighted by atomic mass is 35.5. The Morgan fingerprint density at radius 3 is 2.89 bits per heavy atom. The predicted molar refractivity (Wildman–Crippen MR) is 74.2 cm³/mol. The highest BCUT2D eigenvalue weighted by Crippen LogP contribution is 2.25. The normalized spacial score (nSPS) is 11.1. The van der Waals surface area contributed by atoms with E-state index in [-0.39, 0.29) is 5.02 Å². The number of nitrogens with zero attached hydrogens (tertiary/aromatic N) is 2. The first kappa shape index (κ1) is 13.1. The van der Waals surface area contributed by atoms with E-state index in [1.807, 2.05) is 0 Å². The minimum Gasteiger partial charge on any atom is -0.383 e. The molecule has 3 N–H and O–H groups in total. The van der Waals surface area contributed by atoms with Gasteiger partial charge in [-0.2, -0.15) is 5.10 Å². The molecule has 0 aliphatic carbocycles. The third-order valence-electron chi connectivity index (χ3n) is 1.96. The number of hydrogen-bond donors (Lipinski definition) is 2. The number of halogens is 3. The van der Waals surface area contributed by atoms with Gasteiger partial charge in [0, 0.05) is 10.9 Å². The van der Waals surface area contributed by atoms with Crippen LogP contribution in [0, 0.1) is 5.82 Å². The largest absolute Gasteiger partial charge is 0.383 e. The third-order valence-corrected chi connectivity index (χ3v) is 3.43. The molecule has 0 aliphatic rings. The molecule has 0 aliphatic heterocycles. The molecule has 0 fully saturated rings. The van der Waals surface area contributed by atoms with Crippen molar-refractivity contribution >= 4 is 51.7 Å². The Morgan fingerprint density at radius 2 is 2.22 bits per heavy atom. The van der Waals surface area contributed by atoms with Crippen LogP contribution in [0.4, 0.5) is 15.3 Å². The fourth-order valence-electron chi connectivity index (χ4n) is 1.15. The van der Waals surface area contributed by atoms with E-state index in [1.165, 1.54) is 29.7 Å². The van der Waals surface area contributed by atoms with Gasteiger partial charge < -0.3 is 5.73 Å². The number of rotatable bonds is 3. The molecule has 1 aromatic heterocycles. The molecule has 2 rings (SSSR count). The Balaban J connectivity index is 2.16. The topological polar surface area (TPSA) is 63.3 Å². The van der Waals surface area contributed by atoms with Crippen molar-refractivity contribution in [1.29, 1.82) is 0 Å². The number of hydrogen-bond acceptors (Lipinski definition) is 5. The summed E-state index contributed by atoms with van der Waals surface area (Å²) in [5, 5.41) is 6.29. The Bertz CT molecular complexity index is 600. The van der Waals surface area contributed by atoms with Gasteiger partial charge in [-0.1, -0.05) is 23.2 Å². The Hall–Kier alpha value is -1.37. The lowest BCUT2D eigenvalue weighted by Crippen LogP contribution is -1.94. The highest BCUT2D eigenvalue weighted by Gasteiger charge is 2.08. The van der Waals surface area contributed by atoms with E-state index in [4.69, 9.17) is 28.9 Å². The number of benzene rings is 1. The first-order valence-electron chi connectivity index (χ1n) is 4.71. The van der Waals surface area contributed by atoms with Gasteiger partial charge in [0.2, 0.25) is 5.13 Å². The van der Waals surface area contributed by atoms with Crippen molar-refractivity contribution in [3.05, 3.63) is 38.9 Å². The minimum absolute atomic E-state index is 0.0771. The van der Waals surface area contributed by atoms with Crippen LogP contribution in [0.15, 0.2) is 22.6 Å². The summed E-state index contributed by atoms with van der Waals surface area (Å²) < 4.78 is 13.2. The maximum Gasteiger partial charge on any atom is 0.205 e. The number of aromatic nitrogens is 1. The number of hydrazone groups is 1. The zero-order valence-electron chi connectivity index (χ0n) is 8.82. The first-order chi connectivity index (χ1) is 8.58. The van der Waals surface area contributed by atoms with E-state index in [1.54, 1.807) is 5.38 Å². The molecule has 0 bridgehead atoms. The number of anilines is 2. The summed E-state index contributed by atoms with van der Waals surface area (Å²) in [6.07, 6.45) is 1.32. The number of nitrogen functional groups attached to an aromatic ring is 1. The molecule has 1 aromatic carbocycles. The van der Waals surface area contributed by atoms with E-state index in [9.17, 15) is 4.39 Å². The van der Waals surface area contributed by atoms with Gasteiger partial charge in [-0.05, 0) is 12.1 Å². The number of thiazole rings is 1. The maximum atomic E-state index is 13.2. The summed E-state index contributed by atoms with van der Waals surface area (Å²) >= 11 is 13.0. The number of nitrogens with two attached hydrogens (primary N) is 1. The number of nitrogens with one attached hydrogen (secondary N) is 1. The van der Waals surface area contributed by atoms with Crippen LogP contribution in [0.5, 0.6) is 0 Å². The quantitative estimate of drug-likeness (QED) is 0.517. The van der Waals surface area contributed by atoms with Crippen LogP contribution >= 0.6 is 34.5 Å². The van der Waals surface area contributed by atoms with Gasteiger partial charge in [0.25, 0.3) is 0 Å². The first-order valence-corrected chi connectivity index (χ1v) is 6.35. The summed E-state index contributed by atoms with van der Waals surface area (Å²) in [6, 6.07) is 2.60. The lowest BCUT2D eigenvalue weighted by atomic mass is 10.2. The predicted octanol–water partition coefficient (Wildman–Crippen LogP) is 3.62. The fourth-order valence-corrected chi connectivity index (χ4v) is 2.17. The Labute approximate surface area is 116 Å². The standard InChI is InChI=1S/C10H7Cl2FN4S/c11-6-1-2-7(13)9(12)5(6)3-15-17-10-16-8(14)4-18-10/h1-4H,14H2,(H,16,17). The van der Waals surface area contributed by atoms with Crippen LogP contribution in [0.25, 0.3) is 0 Å². The molecule has 0 radical (unpaired) electrons. The molecule has 4 nitrogen and oxygen atoms in total. The molecule has 18 heavy (non-hydrogen) atoms. The van der Waals surface area contributed by atoms with E-state index < -0.39 is 5.82 Å². The van der Waals surface area contributed by atoms with Crippen LogP contribution in [0.3, 0.4) is 0 Å². The molecule has 2 aromatic rings. The molecular weight excluding hydrogens is 298 g/mol. The summed E-state index contributed by atoms with van der Waals surface area (Å²) in [7, 11) is 0. The van der Waals surface area contributed by atoms with Crippen LogP contribution in [-0.4, -0.2) is 11.2 Å². The molecule has 0 saturated heterocycles. The van der Waals surface area contributed by atoms with E-state index in [0.717, 1.165) is 0 Å². The van der Waals surface area contributed by atoms with Crippen molar-refractivity contribution in [2.45, 2.75) is 0 Å². The van der Waals surface area contributed by atoms with Crippen molar-refractivity contribution in [2.75, 3.05) is 11.2 Å². The molecule has 0 unspecified atom stereocenters. The van der Waals surface area contributed by atoms with Crippen molar-refractivity contribution in [2.24, 2.45) is 5.10 Å². The van der Waals surface area contributed by atoms with Gasteiger partial charge in [0.15, 0.2) is 0 Å². The van der Waals surface area contributed by atoms with E-state index in [0.29, 0.717) is 21.5 Å². The summed E-state index contributed by atoms with van der Waals surface area (Å²) in [6.45, 7) is 0. The van der Waals surface area contributed by atoms with Crippen molar-refractivity contribution in [3.63, 3.8) is 0 Å². The smallest absolute Gasteiger partial charge is 0.205 e. The van der Waals surface area contributed by atoms with Crippen LogP contribution in [0.2, 0.25) is 10.0 Å². The third kappa shape index (κ3) is 2.90. The lowest BCUT2D eigenvalue weighted by Gasteiger charge is -2.02. The van der Waals surface area contributed by atoms with E-state index in [2.05, 4.69) is 15.5 Å². The SMILES string of the molecule is Nc1csc(NN=Cc2c(Cl)ccc(F)c2Cl)n1. The van der Waals surface area contributed by atoms with Crippen LogP contribution in [0.1, 0.15) is 5.56 Å². The zero-order valence-corrected chi connectivity index (χ0v) is 11.2. The van der Waals surface area contributed by atoms with Gasteiger partial charge in [-0.25, -0.2) is 9.37 Å². The van der Waals surface area contributed by atoms with Gasteiger partial charge in [0.1, 0.15) is 11.6 Å².